The van der Waals surface area contributed by atoms with Crippen LogP contribution in [0.4, 0.5) is 0 Å². The molecule has 1 fully saturated rings. The molecule has 1 aliphatic rings. The Morgan fingerprint density at radius 2 is 2.00 bits per heavy atom. The summed E-state index contributed by atoms with van der Waals surface area (Å²) in [6, 6.07) is 11.7. The zero-order chi connectivity index (χ0) is 12.3. The maximum absolute atomic E-state index is 6.07. The lowest BCUT2D eigenvalue weighted by molar-refractivity contribution is 0.465. The van der Waals surface area contributed by atoms with Gasteiger partial charge in [0.15, 0.2) is 0 Å². The van der Waals surface area contributed by atoms with Crippen LogP contribution in [-0.4, -0.2) is 18.6 Å². The Balaban J connectivity index is 1.70. The Hall–Kier alpha value is -0.860. The molecule has 2 rings (SSSR count). The third kappa shape index (κ3) is 3.83. The number of nitrogens with one attached hydrogen (secondary N) is 1. The highest BCUT2D eigenvalue weighted by molar-refractivity contribution is 5.27. The lowest BCUT2D eigenvalue weighted by atomic mass is 10.0. The summed E-state index contributed by atoms with van der Waals surface area (Å²) >= 11 is 0. The molecule has 2 heteroatoms. The van der Waals surface area contributed by atoms with Gasteiger partial charge in [0.25, 0.3) is 0 Å². The lowest BCUT2D eigenvalue weighted by Crippen LogP contribution is -2.36. The van der Waals surface area contributed by atoms with Gasteiger partial charge in [-0.2, -0.15) is 0 Å². The van der Waals surface area contributed by atoms with E-state index in [0.29, 0.717) is 23.9 Å². The van der Waals surface area contributed by atoms with Gasteiger partial charge in [0.05, 0.1) is 0 Å². The molecular weight excluding hydrogens is 208 g/mol. The number of hydrogen-bond acceptors (Lipinski definition) is 2. The molecule has 0 radical (unpaired) electrons. The van der Waals surface area contributed by atoms with E-state index in [9.17, 15) is 0 Å². The standard InChI is InChI=1S/C15H24N2/c1-11(2)8-13(16)10-17-15-9-14(15)12-6-4-3-5-7-12/h3-7,11,13-15,17H,8-10,16H2,1-2H3. The maximum atomic E-state index is 6.07. The Morgan fingerprint density at radius 3 is 2.65 bits per heavy atom. The third-order valence-electron chi connectivity index (χ3n) is 3.43. The second-order valence-electron chi connectivity index (χ2n) is 5.66. The SMILES string of the molecule is CC(C)CC(N)CNC1CC1c1ccccc1. The molecule has 0 heterocycles. The molecule has 17 heavy (non-hydrogen) atoms. The molecule has 1 aromatic carbocycles. The molecule has 0 saturated heterocycles. The molecule has 1 aromatic rings. The van der Waals surface area contributed by atoms with Gasteiger partial charge in [-0.25, -0.2) is 0 Å². The lowest BCUT2D eigenvalue weighted by Gasteiger charge is -2.14. The summed E-state index contributed by atoms with van der Waals surface area (Å²) in [6.45, 7) is 5.40. The largest absolute Gasteiger partial charge is 0.327 e. The van der Waals surface area contributed by atoms with Crippen LogP contribution in [0, 0.1) is 5.92 Å². The van der Waals surface area contributed by atoms with Crippen molar-refractivity contribution in [1.29, 1.82) is 0 Å². The number of nitrogens with two attached hydrogens (primary N) is 1. The van der Waals surface area contributed by atoms with E-state index in [1.54, 1.807) is 0 Å². The molecule has 3 N–H and O–H groups in total. The fourth-order valence-corrected chi connectivity index (χ4v) is 2.48. The van der Waals surface area contributed by atoms with E-state index in [0.717, 1.165) is 13.0 Å². The number of benzene rings is 1. The molecule has 0 bridgehead atoms. The summed E-state index contributed by atoms with van der Waals surface area (Å²) in [5.74, 6) is 1.40. The number of hydrogen-bond donors (Lipinski definition) is 2. The van der Waals surface area contributed by atoms with Crippen molar-refractivity contribution in [3.8, 4) is 0 Å². The fourth-order valence-electron chi connectivity index (χ4n) is 2.48. The van der Waals surface area contributed by atoms with Crippen molar-refractivity contribution in [2.45, 2.75) is 44.7 Å². The average molecular weight is 232 g/mol. The first-order chi connectivity index (χ1) is 8.16. The molecule has 0 aromatic heterocycles. The van der Waals surface area contributed by atoms with Gasteiger partial charge in [0.1, 0.15) is 0 Å². The predicted molar refractivity (Wildman–Crippen MR) is 73.0 cm³/mol. The van der Waals surface area contributed by atoms with Crippen LogP contribution in [0.5, 0.6) is 0 Å². The van der Waals surface area contributed by atoms with Crippen LogP contribution in [-0.2, 0) is 0 Å². The summed E-state index contributed by atoms with van der Waals surface area (Å²) in [4.78, 5) is 0. The molecule has 3 unspecified atom stereocenters. The molecule has 3 atom stereocenters. The Bertz CT molecular complexity index is 334. The van der Waals surface area contributed by atoms with Crippen LogP contribution in [0.25, 0.3) is 0 Å². The minimum Gasteiger partial charge on any atom is -0.327 e. The molecule has 1 aliphatic carbocycles. The molecule has 1 saturated carbocycles. The zero-order valence-electron chi connectivity index (χ0n) is 10.9. The zero-order valence-corrected chi connectivity index (χ0v) is 10.9. The third-order valence-corrected chi connectivity index (χ3v) is 3.43. The monoisotopic (exact) mass is 232 g/mol. The van der Waals surface area contributed by atoms with Gasteiger partial charge < -0.3 is 11.1 Å². The molecule has 0 aliphatic heterocycles. The van der Waals surface area contributed by atoms with Gasteiger partial charge in [-0.1, -0.05) is 44.2 Å². The first kappa shape index (κ1) is 12.6. The van der Waals surface area contributed by atoms with Crippen LogP contribution >= 0.6 is 0 Å². The van der Waals surface area contributed by atoms with Crippen molar-refractivity contribution in [2.75, 3.05) is 6.54 Å². The molecule has 0 spiro atoms. The van der Waals surface area contributed by atoms with Crippen molar-refractivity contribution < 1.29 is 0 Å². The van der Waals surface area contributed by atoms with E-state index in [1.807, 2.05) is 0 Å². The van der Waals surface area contributed by atoms with E-state index in [2.05, 4.69) is 49.5 Å². The highest BCUT2D eigenvalue weighted by atomic mass is 15.0. The van der Waals surface area contributed by atoms with E-state index >= 15 is 0 Å². The summed E-state index contributed by atoms with van der Waals surface area (Å²) < 4.78 is 0. The summed E-state index contributed by atoms with van der Waals surface area (Å²) in [5.41, 5.74) is 7.53. The summed E-state index contributed by atoms with van der Waals surface area (Å²) in [5, 5.41) is 3.59. The normalized spacial score (nSPS) is 24.9. The van der Waals surface area contributed by atoms with Gasteiger partial charge in [-0.3, -0.25) is 0 Å². The first-order valence-electron chi connectivity index (χ1n) is 6.70. The molecule has 2 nitrogen and oxygen atoms in total. The predicted octanol–water partition coefficient (Wildman–Crippen LogP) is 2.51. The van der Waals surface area contributed by atoms with Crippen molar-refractivity contribution in [1.82, 2.24) is 5.32 Å². The molecular formula is C15H24N2. The second kappa shape index (κ2) is 5.65. The molecule has 0 amide bonds. The topological polar surface area (TPSA) is 38.0 Å². The quantitative estimate of drug-likeness (QED) is 0.791. The Morgan fingerprint density at radius 1 is 1.29 bits per heavy atom. The Labute approximate surface area is 105 Å². The van der Waals surface area contributed by atoms with E-state index in [-0.39, 0.29) is 0 Å². The first-order valence-corrected chi connectivity index (χ1v) is 6.70. The summed E-state index contributed by atoms with van der Waals surface area (Å²) in [7, 11) is 0. The fraction of sp³-hybridized carbons (Fsp3) is 0.600. The van der Waals surface area contributed by atoms with Crippen molar-refractivity contribution in [3.63, 3.8) is 0 Å². The van der Waals surface area contributed by atoms with Gasteiger partial charge in [0.2, 0.25) is 0 Å². The van der Waals surface area contributed by atoms with Gasteiger partial charge in [0, 0.05) is 24.5 Å². The summed E-state index contributed by atoms with van der Waals surface area (Å²) in [6.07, 6.45) is 2.37. The van der Waals surface area contributed by atoms with Gasteiger partial charge >= 0.3 is 0 Å². The van der Waals surface area contributed by atoms with Gasteiger partial charge in [-0.15, -0.1) is 0 Å². The van der Waals surface area contributed by atoms with Crippen LogP contribution in [0.3, 0.4) is 0 Å². The highest BCUT2D eigenvalue weighted by Crippen LogP contribution is 2.40. The number of rotatable bonds is 6. The van der Waals surface area contributed by atoms with Crippen molar-refractivity contribution in [3.05, 3.63) is 35.9 Å². The van der Waals surface area contributed by atoms with E-state index in [1.165, 1.54) is 12.0 Å². The highest BCUT2D eigenvalue weighted by Gasteiger charge is 2.37. The Kier molecular flexibility index (Phi) is 4.19. The van der Waals surface area contributed by atoms with Crippen LogP contribution in [0.15, 0.2) is 30.3 Å². The second-order valence-corrected chi connectivity index (χ2v) is 5.66. The van der Waals surface area contributed by atoms with E-state index in [4.69, 9.17) is 5.73 Å². The van der Waals surface area contributed by atoms with Gasteiger partial charge in [-0.05, 0) is 24.3 Å². The van der Waals surface area contributed by atoms with Crippen molar-refractivity contribution in [2.24, 2.45) is 11.7 Å². The average Bonchev–Trinajstić information content (AvgIpc) is 3.06. The van der Waals surface area contributed by atoms with Crippen LogP contribution in [0.1, 0.15) is 38.2 Å². The van der Waals surface area contributed by atoms with Crippen LogP contribution in [0.2, 0.25) is 0 Å². The molecule has 94 valence electrons. The van der Waals surface area contributed by atoms with Crippen molar-refractivity contribution >= 4 is 0 Å². The smallest absolute Gasteiger partial charge is 0.0167 e. The maximum Gasteiger partial charge on any atom is 0.0167 e. The minimum absolute atomic E-state index is 0.298. The minimum atomic E-state index is 0.298. The van der Waals surface area contributed by atoms with Crippen LogP contribution < -0.4 is 11.1 Å². The van der Waals surface area contributed by atoms with E-state index < -0.39 is 0 Å².